The largest absolute Gasteiger partial charge is 0.357 e. The third-order valence-corrected chi connectivity index (χ3v) is 5.47. The van der Waals surface area contributed by atoms with Crippen LogP contribution in [0.2, 0.25) is 0 Å². The van der Waals surface area contributed by atoms with Crippen LogP contribution in [0.3, 0.4) is 0 Å². The molecule has 1 aromatic rings. The lowest BCUT2D eigenvalue weighted by atomic mass is 10.1. The summed E-state index contributed by atoms with van der Waals surface area (Å²) >= 11 is 1.74. The van der Waals surface area contributed by atoms with Crippen molar-refractivity contribution in [3.8, 4) is 0 Å². The van der Waals surface area contributed by atoms with Crippen LogP contribution in [0.5, 0.6) is 0 Å². The monoisotopic (exact) mass is 479 g/mol. The quantitative estimate of drug-likeness (QED) is 0.355. The molecule has 1 fully saturated rings. The Bertz CT molecular complexity index is 509. The highest BCUT2D eigenvalue weighted by Gasteiger charge is 2.19. The molecule has 2 rings (SSSR count). The van der Waals surface area contributed by atoms with Gasteiger partial charge in [0, 0.05) is 37.0 Å². The zero-order chi connectivity index (χ0) is 17.4. The SMILES string of the molecule is CCCN1CCC(NC(=NCc2csc(C(C)C)n2)NCC)CC1.I. The summed E-state index contributed by atoms with van der Waals surface area (Å²) in [7, 11) is 0. The molecule has 7 heteroatoms. The molecule has 1 aliphatic heterocycles. The molecule has 0 atom stereocenters. The molecule has 25 heavy (non-hydrogen) atoms. The van der Waals surface area contributed by atoms with E-state index >= 15 is 0 Å². The van der Waals surface area contributed by atoms with Crippen molar-refractivity contribution in [2.45, 2.75) is 65.5 Å². The maximum atomic E-state index is 4.73. The van der Waals surface area contributed by atoms with E-state index in [9.17, 15) is 0 Å². The molecule has 0 amide bonds. The van der Waals surface area contributed by atoms with Gasteiger partial charge in [-0.1, -0.05) is 20.8 Å². The Kier molecular flexibility index (Phi) is 10.9. The highest BCUT2D eigenvalue weighted by atomic mass is 127. The predicted octanol–water partition coefficient (Wildman–Crippen LogP) is 3.81. The molecule has 0 bridgehead atoms. The molecular formula is C18H34IN5S. The van der Waals surface area contributed by atoms with Gasteiger partial charge in [0.25, 0.3) is 0 Å². The van der Waals surface area contributed by atoms with E-state index in [-0.39, 0.29) is 24.0 Å². The number of thiazole rings is 1. The van der Waals surface area contributed by atoms with E-state index in [0.29, 0.717) is 18.5 Å². The fourth-order valence-corrected chi connectivity index (χ4v) is 3.78. The first-order chi connectivity index (χ1) is 11.6. The first kappa shape index (κ1) is 22.6. The Morgan fingerprint density at radius 1 is 1.36 bits per heavy atom. The van der Waals surface area contributed by atoms with Crippen molar-refractivity contribution in [1.82, 2.24) is 20.5 Å². The molecule has 0 unspecified atom stereocenters. The van der Waals surface area contributed by atoms with Gasteiger partial charge in [-0.3, -0.25) is 0 Å². The number of nitrogens with one attached hydrogen (secondary N) is 2. The van der Waals surface area contributed by atoms with Crippen LogP contribution in [-0.4, -0.2) is 48.1 Å². The van der Waals surface area contributed by atoms with Crippen LogP contribution in [0.4, 0.5) is 0 Å². The number of halogens is 1. The number of guanidine groups is 1. The summed E-state index contributed by atoms with van der Waals surface area (Å²) in [5.41, 5.74) is 1.07. The van der Waals surface area contributed by atoms with Gasteiger partial charge >= 0.3 is 0 Å². The highest BCUT2D eigenvalue weighted by Crippen LogP contribution is 2.19. The Morgan fingerprint density at radius 2 is 2.08 bits per heavy atom. The number of rotatable bonds is 7. The molecule has 0 aliphatic carbocycles. The summed E-state index contributed by atoms with van der Waals surface area (Å²) in [6.45, 7) is 13.9. The minimum Gasteiger partial charge on any atom is -0.357 e. The minimum atomic E-state index is 0. The van der Waals surface area contributed by atoms with Gasteiger partial charge in [0.1, 0.15) is 0 Å². The third-order valence-electron chi connectivity index (χ3n) is 4.28. The van der Waals surface area contributed by atoms with Crippen LogP contribution < -0.4 is 10.6 Å². The van der Waals surface area contributed by atoms with E-state index in [4.69, 9.17) is 4.99 Å². The summed E-state index contributed by atoms with van der Waals surface area (Å²) in [6.07, 6.45) is 3.63. The van der Waals surface area contributed by atoms with Crippen LogP contribution in [0.25, 0.3) is 0 Å². The van der Waals surface area contributed by atoms with Crippen molar-refractivity contribution in [1.29, 1.82) is 0 Å². The Morgan fingerprint density at radius 3 is 2.64 bits per heavy atom. The average molecular weight is 479 g/mol. The van der Waals surface area contributed by atoms with E-state index in [1.807, 2.05) is 0 Å². The molecule has 2 heterocycles. The summed E-state index contributed by atoms with van der Waals surface area (Å²) in [5, 5.41) is 10.3. The van der Waals surface area contributed by atoms with Crippen molar-refractivity contribution in [2.24, 2.45) is 4.99 Å². The minimum absolute atomic E-state index is 0. The first-order valence-electron chi connectivity index (χ1n) is 9.33. The molecule has 0 spiro atoms. The lowest BCUT2D eigenvalue weighted by molar-refractivity contribution is 0.206. The van der Waals surface area contributed by atoms with Crippen molar-refractivity contribution in [3.63, 3.8) is 0 Å². The van der Waals surface area contributed by atoms with Gasteiger partial charge in [-0.25, -0.2) is 9.98 Å². The second-order valence-electron chi connectivity index (χ2n) is 6.79. The lowest BCUT2D eigenvalue weighted by Crippen LogP contribution is -2.48. The molecule has 144 valence electrons. The van der Waals surface area contributed by atoms with Gasteiger partial charge in [-0.2, -0.15) is 0 Å². The maximum absolute atomic E-state index is 4.73. The van der Waals surface area contributed by atoms with Gasteiger partial charge in [0.05, 0.1) is 17.2 Å². The number of piperidine rings is 1. The van der Waals surface area contributed by atoms with Crippen molar-refractivity contribution in [2.75, 3.05) is 26.2 Å². The number of hydrogen-bond acceptors (Lipinski definition) is 4. The van der Waals surface area contributed by atoms with Crippen molar-refractivity contribution in [3.05, 3.63) is 16.1 Å². The van der Waals surface area contributed by atoms with Crippen molar-refractivity contribution < 1.29 is 0 Å². The Labute approximate surface area is 174 Å². The zero-order valence-corrected chi connectivity index (χ0v) is 19.2. The second kappa shape index (κ2) is 12.1. The van der Waals surface area contributed by atoms with E-state index in [1.54, 1.807) is 11.3 Å². The standard InChI is InChI=1S/C18H33N5S.HI/c1-5-9-23-10-7-15(8-11-23)22-18(19-6-2)20-12-16-13-24-17(21-16)14(3)4;/h13-15H,5-12H2,1-4H3,(H2,19,20,22);1H. The Balaban J connectivity index is 0.00000312. The third kappa shape index (κ3) is 7.78. The summed E-state index contributed by atoms with van der Waals surface area (Å²) in [6, 6.07) is 0.526. The van der Waals surface area contributed by atoms with Crippen LogP contribution in [0, 0.1) is 0 Å². The van der Waals surface area contributed by atoms with Crippen LogP contribution in [0.1, 0.15) is 63.6 Å². The smallest absolute Gasteiger partial charge is 0.191 e. The number of nitrogens with zero attached hydrogens (tertiary/aromatic N) is 3. The molecule has 0 aromatic carbocycles. The summed E-state index contributed by atoms with van der Waals surface area (Å²) in [5.74, 6) is 1.41. The van der Waals surface area contributed by atoms with Crippen molar-refractivity contribution >= 4 is 41.3 Å². The molecular weight excluding hydrogens is 445 g/mol. The van der Waals surface area contributed by atoms with E-state index in [1.165, 1.54) is 43.9 Å². The first-order valence-corrected chi connectivity index (χ1v) is 10.2. The molecule has 1 aromatic heterocycles. The van der Waals surface area contributed by atoms with Crippen LogP contribution in [-0.2, 0) is 6.54 Å². The van der Waals surface area contributed by atoms with Gasteiger partial charge in [-0.15, -0.1) is 35.3 Å². The second-order valence-corrected chi connectivity index (χ2v) is 7.68. The van der Waals surface area contributed by atoms with Gasteiger partial charge in [0.15, 0.2) is 5.96 Å². The number of aromatic nitrogens is 1. The predicted molar refractivity (Wildman–Crippen MR) is 119 cm³/mol. The Hall–Kier alpha value is -0.410. The molecule has 5 nitrogen and oxygen atoms in total. The molecule has 1 saturated heterocycles. The van der Waals surface area contributed by atoms with E-state index in [0.717, 1.165) is 18.2 Å². The normalized spacial score (nSPS) is 16.8. The van der Waals surface area contributed by atoms with Crippen LogP contribution in [0.15, 0.2) is 10.4 Å². The van der Waals surface area contributed by atoms with Crippen LogP contribution >= 0.6 is 35.3 Å². The molecule has 0 saturated carbocycles. The zero-order valence-electron chi connectivity index (χ0n) is 16.0. The lowest BCUT2D eigenvalue weighted by Gasteiger charge is -2.32. The molecule has 0 radical (unpaired) electrons. The highest BCUT2D eigenvalue weighted by molar-refractivity contribution is 14.0. The van der Waals surface area contributed by atoms with Gasteiger partial charge in [-0.05, 0) is 32.7 Å². The van der Waals surface area contributed by atoms with Gasteiger partial charge < -0.3 is 15.5 Å². The topological polar surface area (TPSA) is 52.5 Å². The summed E-state index contributed by atoms with van der Waals surface area (Å²) < 4.78 is 0. The van der Waals surface area contributed by atoms with E-state index in [2.05, 4.69) is 53.6 Å². The summed E-state index contributed by atoms with van der Waals surface area (Å²) in [4.78, 5) is 12.0. The number of hydrogen-bond donors (Lipinski definition) is 2. The van der Waals surface area contributed by atoms with E-state index < -0.39 is 0 Å². The number of aliphatic imine (C=N–C) groups is 1. The van der Waals surface area contributed by atoms with Gasteiger partial charge in [0.2, 0.25) is 0 Å². The molecule has 2 N–H and O–H groups in total. The maximum Gasteiger partial charge on any atom is 0.191 e. The molecule has 1 aliphatic rings. The fourth-order valence-electron chi connectivity index (χ4n) is 2.95. The number of likely N-dealkylation sites (tertiary alicyclic amines) is 1. The average Bonchev–Trinajstić information content (AvgIpc) is 3.04. The fraction of sp³-hybridized carbons (Fsp3) is 0.778.